The molecule has 0 aliphatic carbocycles. The second-order valence-corrected chi connectivity index (χ2v) is 8.41. The number of aliphatic imine (C=N–C) groups is 1. The number of halogens is 1. The topological polar surface area (TPSA) is 173 Å². The summed E-state index contributed by atoms with van der Waals surface area (Å²) in [5.74, 6) is -2.27. The van der Waals surface area contributed by atoms with Crippen LogP contribution in [-0.2, 0) is 14.4 Å². The summed E-state index contributed by atoms with van der Waals surface area (Å²) >= 11 is 0. The standard InChI is InChI=1S/C24H30FN7O4/c25-13-20(33)18(7-3-10-29-24(26)27)31-23(36)19-8-4-12-32(19)21(34)14-30-22(35)16-9-11-28-17-6-2-1-5-15(16)17/h1-2,5-6,9,11,18-19H,3-4,7-8,10,12-14H2,(H,30,35)(H,31,36)(H4,26,27,29)/t18-,19-/m0/s1. The Morgan fingerprint density at radius 1 is 1.19 bits per heavy atom. The Bertz CT molecular complexity index is 1150. The molecule has 2 heterocycles. The van der Waals surface area contributed by atoms with E-state index in [-0.39, 0.29) is 25.5 Å². The lowest BCUT2D eigenvalue weighted by atomic mass is 10.1. The Balaban J connectivity index is 1.59. The molecule has 12 heteroatoms. The van der Waals surface area contributed by atoms with Crippen LogP contribution in [0, 0.1) is 0 Å². The Morgan fingerprint density at radius 3 is 2.72 bits per heavy atom. The number of likely N-dealkylation sites (tertiary alicyclic amines) is 1. The number of carbonyl (C=O) groups excluding carboxylic acids is 4. The number of rotatable bonds is 11. The van der Waals surface area contributed by atoms with Crippen molar-refractivity contribution >= 4 is 40.4 Å². The number of fused-ring (bicyclic) bond motifs is 1. The summed E-state index contributed by atoms with van der Waals surface area (Å²) in [4.78, 5) is 59.9. The zero-order valence-corrected chi connectivity index (χ0v) is 19.8. The quantitative estimate of drug-likeness (QED) is 0.192. The van der Waals surface area contributed by atoms with Crippen LogP contribution in [0.25, 0.3) is 10.9 Å². The Labute approximate surface area is 207 Å². The van der Waals surface area contributed by atoms with Gasteiger partial charge in [-0.25, -0.2) is 4.39 Å². The van der Waals surface area contributed by atoms with Gasteiger partial charge in [-0.3, -0.25) is 29.2 Å². The maximum atomic E-state index is 13.0. The molecule has 1 fully saturated rings. The van der Waals surface area contributed by atoms with Crippen LogP contribution in [0.4, 0.5) is 4.39 Å². The van der Waals surface area contributed by atoms with Crippen molar-refractivity contribution in [3.63, 3.8) is 0 Å². The van der Waals surface area contributed by atoms with E-state index in [1.807, 2.05) is 6.07 Å². The van der Waals surface area contributed by atoms with Gasteiger partial charge in [0.05, 0.1) is 23.7 Å². The van der Waals surface area contributed by atoms with Crippen molar-refractivity contribution in [1.29, 1.82) is 0 Å². The van der Waals surface area contributed by atoms with Gasteiger partial charge in [-0.05, 0) is 37.8 Å². The molecule has 2 atom stereocenters. The first-order valence-corrected chi connectivity index (χ1v) is 11.7. The van der Waals surface area contributed by atoms with E-state index in [0.717, 1.165) is 0 Å². The Morgan fingerprint density at radius 2 is 1.97 bits per heavy atom. The first kappa shape index (κ1) is 26.5. The number of ketones is 1. The van der Waals surface area contributed by atoms with E-state index in [2.05, 4.69) is 20.6 Å². The summed E-state index contributed by atoms with van der Waals surface area (Å²) < 4.78 is 13.0. The molecule has 11 nitrogen and oxygen atoms in total. The summed E-state index contributed by atoms with van der Waals surface area (Å²) in [6.07, 6.45) is 3.01. The lowest BCUT2D eigenvalue weighted by Gasteiger charge is -2.26. The number of hydrogen-bond donors (Lipinski definition) is 4. The number of nitrogens with one attached hydrogen (secondary N) is 2. The summed E-state index contributed by atoms with van der Waals surface area (Å²) in [5.41, 5.74) is 11.6. The van der Waals surface area contributed by atoms with E-state index >= 15 is 0 Å². The molecule has 0 bridgehead atoms. The van der Waals surface area contributed by atoms with Crippen LogP contribution in [0.2, 0.25) is 0 Å². The molecule has 2 aromatic rings. The molecule has 1 aromatic heterocycles. The molecule has 6 N–H and O–H groups in total. The average molecular weight is 500 g/mol. The highest BCUT2D eigenvalue weighted by Gasteiger charge is 2.35. The van der Waals surface area contributed by atoms with E-state index in [1.165, 1.54) is 11.1 Å². The van der Waals surface area contributed by atoms with Crippen LogP contribution in [0.15, 0.2) is 41.5 Å². The van der Waals surface area contributed by atoms with Gasteiger partial charge < -0.3 is 27.0 Å². The Hall–Kier alpha value is -4.09. The molecule has 192 valence electrons. The zero-order valence-electron chi connectivity index (χ0n) is 19.8. The molecule has 0 saturated carbocycles. The van der Waals surface area contributed by atoms with Crippen molar-refractivity contribution in [2.24, 2.45) is 16.5 Å². The summed E-state index contributed by atoms with van der Waals surface area (Å²) in [6.45, 7) is -0.965. The predicted molar refractivity (Wildman–Crippen MR) is 132 cm³/mol. The van der Waals surface area contributed by atoms with Gasteiger partial charge in [0.2, 0.25) is 11.8 Å². The second kappa shape index (κ2) is 12.6. The second-order valence-electron chi connectivity index (χ2n) is 8.41. The Kier molecular flexibility index (Phi) is 9.25. The third-order valence-corrected chi connectivity index (χ3v) is 5.95. The van der Waals surface area contributed by atoms with Crippen LogP contribution in [0.1, 0.15) is 36.0 Å². The van der Waals surface area contributed by atoms with E-state index in [9.17, 15) is 23.6 Å². The van der Waals surface area contributed by atoms with E-state index in [4.69, 9.17) is 11.5 Å². The first-order valence-electron chi connectivity index (χ1n) is 11.7. The highest BCUT2D eigenvalue weighted by Crippen LogP contribution is 2.19. The first-order chi connectivity index (χ1) is 17.3. The number of nitrogens with two attached hydrogens (primary N) is 2. The van der Waals surface area contributed by atoms with Gasteiger partial charge in [-0.15, -0.1) is 0 Å². The molecule has 1 saturated heterocycles. The summed E-state index contributed by atoms with van der Waals surface area (Å²) in [5, 5.41) is 5.84. The van der Waals surface area contributed by atoms with Crippen LogP contribution < -0.4 is 22.1 Å². The molecule has 1 aliphatic heterocycles. The molecule has 0 unspecified atom stereocenters. The number of aromatic nitrogens is 1. The minimum Gasteiger partial charge on any atom is -0.370 e. The number of benzene rings is 1. The highest BCUT2D eigenvalue weighted by atomic mass is 19.1. The van der Waals surface area contributed by atoms with Crippen LogP contribution in [0.5, 0.6) is 0 Å². The lowest BCUT2D eigenvalue weighted by Crippen LogP contribution is -2.52. The molecule has 1 aromatic carbocycles. The number of hydrogen-bond acceptors (Lipinski definition) is 6. The summed E-state index contributed by atoms with van der Waals surface area (Å²) in [7, 11) is 0. The van der Waals surface area contributed by atoms with Crippen molar-refractivity contribution in [3.05, 3.63) is 42.1 Å². The van der Waals surface area contributed by atoms with Gasteiger partial charge in [-0.1, -0.05) is 18.2 Å². The van der Waals surface area contributed by atoms with Crippen molar-refractivity contribution in [2.75, 3.05) is 26.3 Å². The zero-order chi connectivity index (χ0) is 26.1. The third-order valence-electron chi connectivity index (χ3n) is 5.95. The van der Waals surface area contributed by atoms with Crippen LogP contribution >= 0.6 is 0 Å². The molecular formula is C24H30FN7O4. The number of para-hydroxylation sites is 1. The fourth-order valence-electron chi connectivity index (χ4n) is 4.16. The molecule has 1 aliphatic rings. The molecular weight excluding hydrogens is 469 g/mol. The number of carbonyl (C=O) groups is 4. The molecule has 3 amide bonds. The maximum Gasteiger partial charge on any atom is 0.252 e. The normalized spacial score (nSPS) is 15.8. The fraction of sp³-hybridized carbons (Fsp3) is 0.417. The van der Waals surface area contributed by atoms with Gasteiger partial charge in [0.15, 0.2) is 11.7 Å². The molecule has 3 rings (SSSR count). The highest BCUT2D eigenvalue weighted by molar-refractivity contribution is 6.07. The van der Waals surface area contributed by atoms with Gasteiger partial charge in [-0.2, -0.15) is 0 Å². The molecule has 0 radical (unpaired) electrons. The van der Waals surface area contributed by atoms with Gasteiger partial charge in [0.1, 0.15) is 12.7 Å². The number of guanidine groups is 1. The van der Waals surface area contributed by atoms with E-state index in [1.54, 1.807) is 24.3 Å². The largest absolute Gasteiger partial charge is 0.370 e. The number of alkyl halides is 1. The van der Waals surface area contributed by atoms with Crippen LogP contribution in [-0.4, -0.2) is 77.7 Å². The SMILES string of the molecule is NC(N)=NCCC[C@H](NC(=O)[C@@H]1CCCN1C(=O)CNC(=O)c1ccnc2ccccc12)C(=O)CF. The molecule has 0 spiro atoms. The van der Waals surface area contributed by atoms with E-state index in [0.29, 0.717) is 42.3 Å². The monoisotopic (exact) mass is 499 g/mol. The van der Waals surface area contributed by atoms with E-state index < -0.39 is 42.3 Å². The van der Waals surface area contributed by atoms with Gasteiger partial charge in [0.25, 0.3) is 5.91 Å². The lowest BCUT2D eigenvalue weighted by molar-refractivity contribution is -0.138. The smallest absolute Gasteiger partial charge is 0.252 e. The van der Waals surface area contributed by atoms with Crippen molar-refractivity contribution < 1.29 is 23.6 Å². The van der Waals surface area contributed by atoms with Crippen molar-refractivity contribution in [1.82, 2.24) is 20.5 Å². The van der Waals surface area contributed by atoms with Crippen molar-refractivity contribution in [2.45, 2.75) is 37.8 Å². The molecule has 36 heavy (non-hydrogen) atoms. The van der Waals surface area contributed by atoms with Gasteiger partial charge >= 0.3 is 0 Å². The minimum atomic E-state index is -1.23. The number of nitrogens with zero attached hydrogens (tertiary/aromatic N) is 3. The number of Topliss-reactive ketones (excluding diaryl/α,β-unsaturated/α-hetero) is 1. The third kappa shape index (κ3) is 6.74. The average Bonchev–Trinajstić information content (AvgIpc) is 3.38. The maximum absolute atomic E-state index is 13.0. The number of amides is 3. The minimum absolute atomic E-state index is 0.100. The summed E-state index contributed by atoms with van der Waals surface area (Å²) in [6, 6.07) is 6.87. The van der Waals surface area contributed by atoms with Gasteiger partial charge in [0, 0.05) is 24.7 Å². The fourth-order valence-corrected chi connectivity index (χ4v) is 4.16. The van der Waals surface area contributed by atoms with Crippen molar-refractivity contribution in [3.8, 4) is 0 Å². The predicted octanol–water partition coefficient (Wildman–Crippen LogP) is 0.0326. The number of pyridine rings is 1. The van der Waals surface area contributed by atoms with Crippen LogP contribution in [0.3, 0.4) is 0 Å².